The van der Waals surface area contributed by atoms with Crippen LogP contribution in [0.4, 0.5) is 0 Å². The summed E-state index contributed by atoms with van der Waals surface area (Å²) in [7, 11) is 0. The van der Waals surface area contributed by atoms with Crippen molar-refractivity contribution in [2.24, 2.45) is 11.8 Å². The van der Waals surface area contributed by atoms with Gasteiger partial charge in [-0.2, -0.15) is 0 Å². The van der Waals surface area contributed by atoms with Gasteiger partial charge in [0.05, 0.1) is 5.92 Å². The highest BCUT2D eigenvalue weighted by Crippen LogP contribution is 2.30. The van der Waals surface area contributed by atoms with E-state index in [4.69, 9.17) is 10.2 Å². The van der Waals surface area contributed by atoms with Gasteiger partial charge >= 0.3 is 5.97 Å². The Balaban J connectivity index is 1.85. The van der Waals surface area contributed by atoms with Crippen LogP contribution in [0.3, 0.4) is 0 Å². The maximum Gasteiger partial charge on any atom is 0.306 e. The van der Waals surface area contributed by atoms with Crippen molar-refractivity contribution in [2.75, 3.05) is 6.61 Å². The fourth-order valence-corrected chi connectivity index (χ4v) is 2.73. The van der Waals surface area contributed by atoms with Crippen LogP contribution < -0.4 is 0 Å². The lowest BCUT2D eigenvalue weighted by Crippen LogP contribution is -2.24. The van der Waals surface area contributed by atoms with E-state index in [2.05, 4.69) is 10.2 Å². The summed E-state index contributed by atoms with van der Waals surface area (Å²) in [5.74, 6) is 0.603. The molecule has 19 heavy (non-hydrogen) atoms. The molecule has 0 spiro atoms. The maximum absolute atomic E-state index is 10.9. The van der Waals surface area contributed by atoms with Crippen LogP contribution in [-0.2, 0) is 17.8 Å². The van der Waals surface area contributed by atoms with Crippen molar-refractivity contribution in [1.82, 2.24) is 14.8 Å². The van der Waals surface area contributed by atoms with Gasteiger partial charge in [-0.15, -0.1) is 10.2 Å². The summed E-state index contributed by atoms with van der Waals surface area (Å²) in [5.41, 5.74) is 0. The lowest BCUT2D eigenvalue weighted by molar-refractivity contribution is -0.143. The number of aromatic nitrogens is 3. The zero-order chi connectivity index (χ0) is 13.7. The number of carboxylic acid groups (broad SMARTS) is 1. The zero-order valence-corrected chi connectivity index (χ0v) is 11.0. The number of rotatable bonds is 6. The highest BCUT2D eigenvalue weighted by atomic mass is 16.4. The van der Waals surface area contributed by atoms with E-state index >= 15 is 0 Å². The summed E-state index contributed by atoms with van der Waals surface area (Å²) in [5, 5.41) is 25.8. The van der Waals surface area contributed by atoms with Crippen molar-refractivity contribution in [3.05, 3.63) is 12.2 Å². The molecule has 1 fully saturated rings. The third-order valence-corrected chi connectivity index (χ3v) is 3.91. The molecule has 1 aromatic rings. The second-order valence-corrected chi connectivity index (χ2v) is 5.28. The second kappa shape index (κ2) is 6.65. The number of aliphatic carboxylic acids is 1. The minimum Gasteiger partial charge on any atom is -0.481 e. The molecule has 6 heteroatoms. The van der Waals surface area contributed by atoms with E-state index < -0.39 is 5.97 Å². The summed E-state index contributed by atoms with van der Waals surface area (Å²) in [4.78, 5) is 10.9. The summed E-state index contributed by atoms with van der Waals surface area (Å²) in [6.07, 6.45) is 6.62. The Morgan fingerprint density at radius 2 is 2.11 bits per heavy atom. The van der Waals surface area contributed by atoms with Gasteiger partial charge in [0, 0.05) is 19.6 Å². The molecule has 0 radical (unpaired) electrons. The quantitative estimate of drug-likeness (QED) is 0.805. The number of carboxylic acids is 1. The Labute approximate surface area is 112 Å². The van der Waals surface area contributed by atoms with E-state index in [-0.39, 0.29) is 12.5 Å². The van der Waals surface area contributed by atoms with Crippen LogP contribution in [0.5, 0.6) is 0 Å². The van der Waals surface area contributed by atoms with Gasteiger partial charge in [0.15, 0.2) is 0 Å². The molecule has 1 aromatic heterocycles. The SMILES string of the molecule is O=C(O)C1CCC(Cn2cnnc2CCCO)CC1. The number of aliphatic hydroxyl groups excluding tert-OH is 1. The first kappa shape index (κ1) is 14.0. The summed E-state index contributed by atoms with van der Waals surface area (Å²) in [6.45, 7) is 1.02. The molecule has 1 heterocycles. The Morgan fingerprint density at radius 3 is 2.74 bits per heavy atom. The van der Waals surface area contributed by atoms with Crippen molar-refractivity contribution in [3.63, 3.8) is 0 Å². The first-order chi connectivity index (χ1) is 9.20. The molecule has 2 rings (SSSR count). The Hall–Kier alpha value is -1.43. The Kier molecular flexibility index (Phi) is 4.90. The molecule has 0 aromatic carbocycles. The molecule has 6 nitrogen and oxygen atoms in total. The van der Waals surface area contributed by atoms with Gasteiger partial charge in [-0.05, 0) is 38.0 Å². The minimum absolute atomic E-state index is 0.161. The number of hydrogen-bond acceptors (Lipinski definition) is 4. The first-order valence-electron chi connectivity index (χ1n) is 6.91. The highest BCUT2D eigenvalue weighted by Gasteiger charge is 2.26. The zero-order valence-electron chi connectivity index (χ0n) is 11.0. The lowest BCUT2D eigenvalue weighted by Gasteiger charge is -2.26. The highest BCUT2D eigenvalue weighted by molar-refractivity contribution is 5.69. The largest absolute Gasteiger partial charge is 0.481 e. The van der Waals surface area contributed by atoms with E-state index in [1.807, 2.05) is 4.57 Å². The van der Waals surface area contributed by atoms with E-state index in [1.165, 1.54) is 0 Å². The van der Waals surface area contributed by atoms with Crippen LogP contribution in [0, 0.1) is 11.8 Å². The maximum atomic E-state index is 10.9. The van der Waals surface area contributed by atoms with E-state index in [0.717, 1.165) is 44.5 Å². The van der Waals surface area contributed by atoms with Crippen LogP contribution in [0.25, 0.3) is 0 Å². The first-order valence-corrected chi connectivity index (χ1v) is 6.91. The topological polar surface area (TPSA) is 88.2 Å². The van der Waals surface area contributed by atoms with E-state index in [1.54, 1.807) is 6.33 Å². The number of aryl methyl sites for hydroxylation is 1. The Morgan fingerprint density at radius 1 is 1.37 bits per heavy atom. The molecule has 0 saturated heterocycles. The fourth-order valence-electron chi connectivity index (χ4n) is 2.73. The number of nitrogens with zero attached hydrogens (tertiary/aromatic N) is 3. The molecule has 106 valence electrons. The Bertz CT molecular complexity index is 411. The molecule has 0 unspecified atom stereocenters. The molecular weight excluding hydrogens is 246 g/mol. The van der Waals surface area contributed by atoms with Gasteiger partial charge in [-0.25, -0.2) is 0 Å². The predicted octanol–water partition coefficient (Wildman–Crippen LogP) is 1.09. The summed E-state index contributed by atoms with van der Waals surface area (Å²) >= 11 is 0. The average molecular weight is 267 g/mol. The van der Waals surface area contributed by atoms with Crippen LogP contribution in [0.1, 0.15) is 37.9 Å². The smallest absolute Gasteiger partial charge is 0.306 e. The lowest BCUT2D eigenvalue weighted by atomic mass is 9.82. The van der Waals surface area contributed by atoms with Crippen molar-refractivity contribution >= 4 is 5.97 Å². The third-order valence-electron chi connectivity index (χ3n) is 3.91. The van der Waals surface area contributed by atoms with Gasteiger partial charge in [-0.1, -0.05) is 0 Å². The van der Waals surface area contributed by atoms with Gasteiger partial charge in [0.25, 0.3) is 0 Å². The van der Waals surface area contributed by atoms with Crippen LogP contribution in [-0.4, -0.2) is 37.6 Å². The second-order valence-electron chi connectivity index (χ2n) is 5.28. The van der Waals surface area contributed by atoms with Crippen LogP contribution in [0.2, 0.25) is 0 Å². The monoisotopic (exact) mass is 267 g/mol. The van der Waals surface area contributed by atoms with Crippen LogP contribution in [0.15, 0.2) is 6.33 Å². The van der Waals surface area contributed by atoms with Crippen molar-refractivity contribution < 1.29 is 15.0 Å². The number of carbonyl (C=O) groups is 1. The van der Waals surface area contributed by atoms with Gasteiger partial charge in [-0.3, -0.25) is 4.79 Å². The average Bonchev–Trinajstić information content (AvgIpc) is 2.84. The summed E-state index contributed by atoms with van der Waals surface area (Å²) in [6, 6.07) is 0. The number of hydrogen-bond donors (Lipinski definition) is 2. The molecular formula is C13H21N3O3. The molecule has 1 aliphatic rings. The number of aliphatic hydroxyl groups is 1. The molecule has 0 atom stereocenters. The predicted molar refractivity (Wildman–Crippen MR) is 68.5 cm³/mol. The standard InChI is InChI=1S/C13H21N3O3/c17-7-1-2-12-15-14-9-16(12)8-10-3-5-11(6-4-10)13(18)19/h9-11,17H,1-8H2,(H,18,19). The van der Waals surface area contributed by atoms with E-state index in [0.29, 0.717) is 12.3 Å². The third kappa shape index (κ3) is 3.76. The van der Waals surface area contributed by atoms with Crippen molar-refractivity contribution in [2.45, 2.75) is 45.1 Å². The normalized spacial score (nSPS) is 23.4. The molecule has 1 saturated carbocycles. The van der Waals surface area contributed by atoms with Gasteiger partial charge in [0.2, 0.25) is 0 Å². The van der Waals surface area contributed by atoms with Crippen molar-refractivity contribution in [1.29, 1.82) is 0 Å². The fraction of sp³-hybridized carbons (Fsp3) is 0.769. The molecule has 1 aliphatic carbocycles. The molecule has 0 aliphatic heterocycles. The van der Waals surface area contributed by atoms with E-state index in [9.17, 15) is 4.79 Å². The molecule has 0 bridgehead atoms. The van der Waals surface area contributed by atoms with Gasteiger partial charge < -0.3 is 14.8 Å². The molecule has 0 amide bonds. The van der Waals surface area contributed by atoms with Gasteiger partial charge in [0.1, 0.15) is 12.2 Å². The molecule has 2 N–H and O–H groups in total. The van der Waals surface area contributed by atoms with Crippen LogP contribution >= 0.6 is 0 Å². The minimum atomic E-state index is -0.661. The van der Waals surface area contributed by atoms with Crippen molar-refractivity contribution in [3.8, 4) is 0 Å². The summed E-state index contributed by atoms with van der Waals surface area (Å²) < 4.78 is 2.04.